The van der Waals surface area contributed by atoms with Crippen LogP contribution in [0, 0.1) is 20.8 Å². The van der Waals surface area contributed by atoms with Gasteiger partial charge in [-0.3, -0.25) is 13.6 Å². The van der Waals surface area contributed by atoms with E-state index in [2.05, 4.69) is 71.9 Å². The van der Waals surface area contributed by atoms with Crippen LogP contribution in [-0.4, -0.2) is 80.4 Å². The number of ether oxygens (including phenoxy) is 3. The van der Waals surface area contributed by atoms with Crippen molar-refractivity contribution in [1.29, 1.82) is 0 Å². The Hall–Kier alpha value is -3.43. The normalized spacial score (nSPS) is 11.4. The summed E-state index contributed by atoms with van der Waals surface area (Å²) in [5, 5.41) is 0. The Morgan fingerprint density at radius 2 is 0.755 bits per heavy atom. The number of nitrogens with zero attached hydrogens (tertiary/aromatic N) is 3. The predicted octanol–water partition coefficient (Wildman–Crippen LogP) is 10.0. The Kier molecular flexibility index (Phi) is 19.4. The van der Waals surface area contributed by atoms with E-state index in [1.807, 2.05) is 39.0 Å². The molecule has 0 saturated heterocycles. The second-order valence-electron chi connectivity index (χ2n) is 13.4. The van der Waals surface area contributed by atoms with Gasteiger partial charge in [0.25, 0.3) is 0 Å². The van der Waals surface area contributed by atoms with Crippen LogP contribution in [0.1, 0.15) is 76.0 Å². The first kappa shape index (κ1) is 44.0. The molecule has 11 heteroatoms. The van der Waals surface area contributed by atoms with Gasteiger partial charge in [-0.25, -0.2) is 4.57 Å². The van der Waals surface area contributed by atoms with Crippen LogP contribution in [0.4, 0.5) is 17.1 Å². The Morgan fingerprint density at radius 3 is 1.00 bits per heavy atom. The van der Waals surface area contributed by atoms with Gasteiger partial charge in [0.1, 0.15) is 17.2 Å². The third kappa shape index (κ3) is 14.1. The first-order valence-corrected chi connectivity index (χ1v) is 20.8. The van der Waals surface area contributed by atoms with Gasteiger partial charge in [0.15, 0.2) is 0 Å². The highest BCUT2D eigenvalue weighted by Crippen LogP contribution is 2.49. The van der Waals surface area contributed by atoms with Crippen LogP contribution in [0.5, 0.6) is 17.2 Å². The number of rotatable bonds is 27. The molecule has 3 aromatic rings. The summed E-state index contributed by atoms with van der Waals surface area (Å²) < 4.78 is 49.7. The van der Waals surface area contributed by atoms with Gasteiger partial charge in [0.2, 0.25) is 0 Å². The number of methoxy groups -OCH3 is 3. The van der Waals surface area contributed by atoms with E-state index in [1.165, 1.54) is 0 Å². The molecule has 0 aliphatic carbocycles. The van der Waals surface area contributed by atoms with Crippen LogP contribution >= 0.6 is 7.82 Å². The first-order valence-electron chi connectivity index (χ1n) is 19.3. The summed E-state index contributed by atoms with van der Waals surface area (Å²) >= 11 is 0. The number of phosphoric ester groups is 1. The molecule has 0 aromatic heterocycles. The third-order valence-electron chi connectivity index (χ3n) is 9.45. The Labute approximate surface area is 320 Å². The standard InChI is InChI=1S/C42H66N3O7P/c1-10-13-22-43(37-19-16-34(4)40(31-37)47-7)25-28-50-53(46,51-29-26-44(23-14-11-2)38-20-17-35(5)41(32-38)48-8)52-30-27-45(24-15-12-3)39-21-18-36(6)42(33-39)49-9/h16-21,31-33H,10-15,22-30H2,1-9H3. The molecule has 296 valence electrons. The summed E-state index contributed by atoms with van der Waals surface area (Å²) in [6, 6.07) is 18.6. The monoisotopic (exact) mass is 755 g/mol. The van der Waals surface area contributed by atoms with E-state index in [4.69, 9.17) is 27.8 Å². The number of benzene rings is 3. The number of aryl methyl sites for hydroxylation is 3. The van der Waals surface area contributed by atoms with E-state index in [0.29, 0.717) is 19.6 Å². The molecule has 0 amide bonds. The van der Waals surface area contributed by atoms with Gasteiger partial charge in [-0.15, -0.1) is 0 Å². The van der Waals surface area contributed by atoms with Crippen molar-refractivity contribution >= 4 is 24.9 Å². The minimum absolute atomic E-state index is 0.167. The van der Waals surface area contributed by atoms with E-state index < -0.39 is 7.82 Å². The molecule has 0 spiro atoms. The highest BCUT2D eigenvalue weighted by atomic mass is 31.2. The van der Waals surface area contributed by atoms with Crippen LogP contribution < -0.4 is 28.9 Å². The molecule has 0 unspecified atom stereocenters. The molecule has 0 aliphatic heterocycles. The van der Waals surface area contributed by atoms with Crippen LogP contribution in [-0.2, 0) is 18.1 Å². The topological polar surface area (TPSA) is 82.2 Å². The molecular formula is C42H66N3O7P. The minimum atomic E-state index is -3.96. The largest absolute Gasteiger partial charge is 0.496 e. The Bertz CT molecular complexity index is 1380. The lowest BCUT2D eigenvalue weighted by molar-refractivity contribution is 0.118. The number of hydrogen-bond acceptors (Lipinski definition) is 10. The van der Waals surface area contributed by atoms with Crippen molar-refractivity contribution in [3.8, 4) is 17.2 Å². The molecule has 0 atom stereocenters. The fourth-order valence-electron chi connectivity index (χ4n) is 6.07. The van der Waals surface area contributed by atoms with Gasteiger partial charge in [0.05, 0.1) is 41.2 Å². The minimum Gasteiger partial charge on any atom is -0.496 e. The summed E-state index contributed by atoms with van der Waals surface area (Å²) in [4.78, 5) is 6.72. The molecule has 0 bridgehead atoms. The van der Waals surface area contributed by atoms with Gasteiger partial charge in [-0.1, -0.05) is 58.2 Å². The summed E-state index contributed by atoms with van der Waals surface area (Å²) in [7, 11) is 1.10. The van der Waals surface area contributed by atoms with Gasteiger partial charge in [-0.05, 0) is 74.9 Å². The van der Waals surface area contributed by atoms with E-state index in [-0.39, 0.29) is 19.8 Å². The molecule has 0 heterocycles. The summed E-state index contributed by atoms with van der Waals surface area (Å²) in [5.74, 6) is 2.50. The van der Waals surface area contributed by atoms with Gasteiger partial charge in [0, 0.05) is 74.5 Å². The third-order valence-corrected chi connectivity index (χ3v) is 10.9. The number of phosphoric acid groups is 1. The lowest BCUT2D eigenvalue weighted by atomic mass is 10.2. The second-order valence-corrected chi connectivity index (χ2v) is 15.1. The van der Waals surface area contributed by atoms with Crippen molar-refractivity contribution in [1.82, 2.24) is 0 Å². The molecule has 0 radical (unpaired) electrons. The average molecular weight is 756 g/mol. The fourth-order valence-corrected chi connectivity index (χ4v) is 7.21. The lowest BCUT2D eigenvalue weighted by Gasteiger charge is -2.29. The first-order chi connectivity index (χ1) is 25.6. The van der Waals surface area contributed by atoms with Crippen molar-refractivity contribution in [3.63, 3.8) is 0 Å². The maximum Gasteiger partial charge on any atom is 0.474 e. The zero-order chi connectivity index (χ0) is 38.6. The lowest BCUT2D eigenvalue weighted by Crippen LogP contribution is -2.30. The number of hydrogen-bond donors (Lipinski definition) is 0. The summed E-state index contributed by atoms with van der Waals surface area (Å²) in [6.45, 7) is 17.2. The number of anilines is 3. The highest BCUT2D eigenvalue weighted by Gasteiger charge is 2.28. The zero-order valence-electron chi connectivity index (χ0n) is 33.9. The smallest absolute Gasteiger partial charge is 0.474 e. The Balaban J connectivity index is 1.80. The van der Waals surface area contributed by atoms with Crippen molar-refractivity contribution < 1.29 is 32.3 Å². The van der Waals surface area contributed by atoms with Crippen molar-refractivity contribution in [3.05, 3.63) is 71.3 Å². The molecule has 10 nitrogen and oxygen atoms in total. The molecule has 3 rings (SSSR count). The molecule has 0 aliphatic rings. The molecule has 3 aromatic carbocycles. The number of unbranched alkanes of at least 4 members (excludes halogenated alkanes) is 3. The van der Waals surface area contributed by atoms with Crippen LogP contribution in [0.2, 0.25) is 0 Å². The van der Waals surface area contributed by atoms with E-state index >= 15 is 0 Å². The SMILES string of the molecule is CCCCN(CCOP(=O)(OCCN(CCCC)c1ccc(C)c(OC)c1)OCCN(CCCC)c1ccc(C)c(OC)c1)c1ccc(C)c(OC)c1. The molecule has 0 fully saturated rings. The fraction of sp³-hybridized carbons (Fsp3) is 0.571. The van der Waals surface area contributed by atoms with E-state index in [9.17, 15) is 4.57 Å². The Morgan fingerprint density at radius 1 is 0.472 bits per heavy atom. The predicted molar refractivity (Wildman–Crippen MR) is 220 cm³/mol. The van der Waals surface area contributed by atoms with Crippen LogP contribution in [0.15, 0.2) is 54.6 Å². The summed E-state index contributed by atoms with van der Waals surface area (Å²) in [5.41, 5.74) is 6.30. The van der Waals surface area contributed by atoms with Crippen LogP contribution in [0.3, 0.4) is 0 Å². The average Bonchev–Trinajstić information content (AvgIpc) is 3.16. The van der Waals surface area contributed by atoms with Crippen molar-refractivity contribution in [2.75, 3.05) is 95.1 Å². The van der Waals surface area contributed by atoms with Gasteiger partial charge < -0.3 is 28.9 Å². The molecular weight excluding hydrogens is 689 g/mol. The maximum atomic E-state index is 14.5. The van der Waals surface area contributed by atoms with Gasteiger partial charge >= 0.3 is 7.82 Å². The van der Waals surface area contributed by atoms with Crippen molar-refractivity contribution in [2.45, 2.75) is 80.1 Å². The van der Waals surface area contributed by atoms with Gasteiger partial charge in [-0.2, -0.15) is 0 Å². The quantitative estimate of drug-likeness (QED) is 0.0702. The molecule has 0 N–H and O–H groups in total. The second kappa shape index (κ2) is 23.4. The zero-order valence-corrected chi connectivity index (χ0v) is 34.8. The summed E-state index contributed by atoms with van der Waals surface area (Å²) in [6.07, 6.45) is 6.18. The molecule has 0 saturated carbocycles. The maximum absolute atomic E-state index is 14.5. The van der Waals surface area contributed by atoms with Crippen molar-refractivity contribution in [2.24, 2.45) is 0 Å². The van der Waals surface area contributed by atoms with Crippen LogP contribution in [0.25, 0.3) is 0 Å². The van der Waals surface area contributed by atoms with E-state index in [1.54, 1.807) is 21.3 Å². The van der Waals surface area contributed by atoms with E-state index in [0.717, 1.165) is 109 Å². The highest BCUT2D eigenvalue weighted by molar-refractivity contribution is 7.48. The molecule has 53 heavy (non-hydrogen) atoms.